The van der Waals surface area contributed by atoms with Gasteiger partial charge in [0.1, 0.15) is 6.17 Å². The van der Waals surface area contributed by atoms with Crippen LogP contribution in [0.15, 0.2) is 35.2 Å². The number of halogens is 1. The average Bonchev–Trinajstić information content (AvgIpc) is 2.86. The minimum absolute atomic E-state index is 0.210. The van der Waals surface area contributed by atoms with Crippen LogP contribution in [0.2, 0.25) is 0 Å². The molecule has 0 heterocycles. The first kappa shape index (κ1) is 32.1. The standard InChI is InChI=1S/C31H55FO2S/c1-2-3-4-5-6-7-8-9-10-11-12-13-14-16-20-25-30(32)26-21-17-15-18-24-29-35(33,34)31-27-22-19-23-28-31/h19,22-23,27-28,30H,2-18,20-21,24-26,29H2,1H3. The summed E-state index contributed by atoms with van der Waals surface area (Å²) in [4.78, 5) is 0.416. The van der Waals surface area contributed by atoms with Crippen molar-refractivity contribution in [3.05, 3.63) is 30.3 Å². The van der Waals surface area contributed by atoms with Crippen LogP contribution >= 0.6 is 0 Å². The molecule has 35 heavy (non-hydrogen) atoms. The second-order valence-electron chi connectivity index (χ2n) is 10.5. The van der Waals surface area contributed by atoms with Crippen LogP contribution < -0.4 is 0 Å². The Morgan fingerprint density at radius 3 is 1.37 bits per heavy atom. The predicted octanol–water partition coefficient (Wildman–Crippen LogP) is 10.4. The lowest BCUT2D eigenvalue weighted by atomic mass is 10.0. The predicted molar refractivity (Wildman–Crippen MR) is 151 cm³/mol. The van der Waals surface area contributed by atoms with Crippen molar-refractivity contribution in [1.29, 1.82) is 0 Å². The monoisotopic (exact) mass is 510 g/mol. The van der Waals surface area contributed by atoms with Crippen molar-refractivity contribution in [3.8, 4) is 0 Å². The second kappa shape index (κ2) is 22.3. The zero-order chi connectivity index (χ0) is 25.5. The van der Waals surface area contributed by atoms with Crippen molar-refractivity contribution < 1.29 is 12.8 Å². The maximum absolute atomic E-state index is 14.1. The van der Waals surface area contributed by atoms with E-state index in [-0.39, 0.29) is 5.75 Å². The third kappa shape index (κ3) is 19.0. The van der Waals surface area contributed by atoms with Crippen LogP contribution in [-0.2, 0) is 9.84 Å². The molecule has 204 valence electrons. The van der Waals surface area contributed by atoms with Crippen molar-refractivity contribution in [2.75, 3.05) is 5.75 Å². The Morgan fingerprint density at radius 1 is 0.571 bits per heavy atom. The number of hydrogen-bond donors (Lipinski definition) is 0. The molecule has 0 aliphatic rings. The molecule has 0 saturated carbocycles. The Kier molecular flexibility index (Phi) is 20.5. The van der Waals surface area contributed by atoms with Gasteiger partial charge in [-0.1, -0.05) is 147 Å². The summed E-state index contributed by atoms with van der Waals surface area (Å²) in [5.74, 6) is 0.210. The molecule has 0 amide bonds. The van der Waals surface area contributed by atoms with Crippen molar-refractivity contribution in [3.63, 3.8) is 0 Å². The molecular weight excluding hydrogens is 455 g/mol. The zero-order valence-electron chi connectivity index (χ0n) is 22.8. The van der Waals surface area contributed by atoms with E-state index < -0.39 is 16.0 Å². The molecule has 0 radical (unpaired) electrons. The van der Waals surface area contributed by atoms with E-state index in [1.165, 1.54) is 89.9 Å². The van der Waals surface area contributed by atoms with E-state index >= 15 is 0 Å². The summed E-state index contributed by atoms with van der Waals surface area (Å²) < 4.78 is 38.6. The topological polar surface area (TPSA) is 34.1 Å². The summed E-state index contributed by atoms with van der Waals surface area (Å²) in [7, 11) is -3.16. The van der Waals surface area contributed by atoms with E-state index in [0.29, 0.717) is 24.2 Å². The number of unbranched alkanes of at least 4 members (excludes halogenated alkanes) is 18. The smallest absolute Gasteiger partial charge is 0.178 e. The van der Waals surface area contributed by atoms with Gasteiger partial charge >= 0.3 is 0 Å². The number of rotatable bonds is 25. The van der Waals surface area contributed by atoms with E-state index in [4.69, 9.17) is 0 Å². The van der Waals surface area contributed by atoms with Crippen LogP contribution in [0, 0.1) is 0 Å². The van der Waals surface area contributed by atoms with Crippen LogP contribution in [-0.4, -0.2) is 20.3 Å². The van der Waals surface area contributed by atoms with Crippen LogP contribution in [0.25, 0.3) is 0 Å². The fourth-order valence-electron chi connectivity index (χ4n) is 4.82. The molecule has 0 aliphatic carbocycles. The van der Waals surface area contributed by atoms with E-state index in [2.05, 4.69) is 6.92 Å². The van der Waals surface area contributed by atoms with Gasteiger partial charge in [0, 0.05) is 0 Å². The van der Waals surface area contributed by atoms with Gasteiger partial charge in [0.2, 0.25) is 0 Å². The van der Waals surface area contributed by atoms with Gasteiger partial charge in [0.05, 0.1) is 10.6 Å². The van der Waals surface area contributed by atoms with E-state index in [1.54, 1.807) is 24.3 Å². The molecular formula is C31H55FO2S. The molecule has 1 aromatic carbocycles. The van der Waals surface area contributed by atoms with Gasteiger partial charge in [-0.05, 0) is 31.4 Å². The number of alkyl halides is 1. The van der Waals surface area contributed by atoms with E-state index in [9.17, 15) is 12.8 Å². The molecule has 0 saturated heterocycles. The molecule has 0 spiro atoms. The van der Waals surface area contributed by atoms with Crippen molar-refractivity contribution in [2.24, 2.45) is 0 Å². The fraction of sp³-hybridized carbons (Fsp3) is 0.806. The minimum atomic E-state index is -3.16. The normalized spacial score (nSPS) is 12.7. The average molecular weight is 511 g/mol. The van der Waals surface area contributed by atoms with Crippen LogP contribution in [0.4, 0.5) is 4.39 Å². The largest absolute Gasteiger partial charge is 0.247 e. The lowest BCUT2D eigenvalue weighted by Gasteiger charge is -2.08. The van der Waals surface area contributed by atoms with Crippen molar-refractivity contribution >= 4 is 9.84 Å². The minimum Gasteiger partial charge on any atom is -0.247 e. The van der Waals surface area contributed by atoms with Crippen LogP contribution in [0.5, 0.6) is 0 Å². The molecule has 2 nitrogen and oxygen atoms in total. The first-order chi connectivity index (χ1) is 17.1. The quantitative estimate of drug-likeness (QED) is 0.123. The van der Waals surface area contributed by atoms with Gasteiger partial charge in [-0.15, -0.1) is 0 Å². The Labute approximate surface area is 217 Å². The number of benzene rings is 1. The molecule has 0 bridgehead atoms. The summed E-state index contributed by atoms with van der Waals surface area (Å²) in [6.45, 7) is 2.28. The van der Waals surface area contributed by atoms with Crippen LogP contribution in [0.3, 0.4) is 0 Å². The highest BCUT2D eigenvalue weighted by Crippen LogP contribution is 2.18. The molecule has 0 N–H and O–H groups in total. The highest BCUT2D eigenvalue weighted by atomic mass is 32.2. The molecule has 1 atom stereocenters. The van der Waals surface area contributed by atoms with Gasteiger partial charge in [0.15, 0.2) is 9.84 Å². The summed E-state index contributed by atoms with van der Waals surface area (Å²) in [5.41, 5.74) is 0. The van der Waals surface area contributed by atoms with Gasteiger partial charge in [-0.2, -0.15) is 0 Å². The zero-order valence-corrected chi connectivity index (χ0v) is 23.6. The Hall–Kier alpha value is -0.900. The summed E-state index contributed by atoms with van der Waals surface area (Å²) in [6, 6.07) is 8.68. The maximum atomic E-state index is 14.1. The van der Waals surface area contributed by atoms with Gasteiger partial charge in [-0.25, -0.2) is 12.8 Å². The second-order valence-corrected chi connectivity index (χ2v) is 12.6. The summed E-state index contributed by atoms with van der Waals surface area (Å²) in [5, 5.41) is 0. The first-order valence-corrected chi connectivity index (χ1v) is 16.6. The molecule has 1 rings (SSSR count). The Bertz CT molecular complexity index is 674. The van der Waals surface area contributed by atoms with Crippen molar-refractivity contribution in [1.82, 2.24) is 0 Å². The Morgan fingerprint density at radius 2 is 0.943 bits per heavy atom. The maximum Gasteiger partial charge on any atom is 0.178 e. The summed E-state index contributed by atoms with van der Waals surface area (Å²) >= 11 is 0. The Balaban J connectivity index is 1.81. The van der Waals surface area contributed by atoms with Crippen molar-refractivity contribution in [2.45, 2.75) is 159 Å². The van der Waals surface area contributed by atoms with Gasteiger partial charge < -0.3 is 0 Å². The first-order valence-electron chi connectivity index (χ1n) is 15.0. The highest BCUT2D eigenvalue weighted by molar-refractivity contribution is 7.91. The molecule has 0 aromatic heterocycles. The molecule has 1 aromatic rings. The van der Waals surface area contributed by atoms with E-state index in [0.717, 1.165) is 32.1 Å². The molecule has 1 unspecified atom stereocenters. The third-order valence-corrected chi connectivity index (χ3v) is 8.97. The fourth-order valence-corrected chi connectivity index (χ4v) is 6.21. The SMILES string of the molecule is CCCCCCCCCCCCCCCCCC(F)CCCCCCCS(=O)(=O)c1ccccc1. The number of sulfone groups is 1. The van der Waals surface area contributed by atoms with Gasteiger partial charge in [-0.3, -0.25) is 0 Å². The lowest BCUT2D eigenvalue weighted by Crippen LogP contribution is -2.06. The number of hydrogen-bond acceptors (Lipinski definition) is 2. The van der Waals surface area contributed by atoms with E-state index in [1.807, 2.05) is 6.07 Å². The summed E-state index contributed by atoms with van der Waals surface area (Å²) in [6.07, 6.45) is 25.4. The van der Waals surface area contributed by atoms with Crippen LogP contribution in [0.1, 0.15) is 148 Å². The highest BCUT2D eigenvalue weighted by Gasteiger charge is 2.13. The molecule has 0 aliphatic heterocycles. The molecule has 0 fully saturated rings. The molecule has 4 heteroatoms. The third-order valence-electron chi connectivity index (χ3n) is 7.15. The lowest BCUT2D eigenvalue weighted by molar-refractivity contribution is 0.279. The van der Waals surface area contributed by atoms with Gasteiger partial charge in [0.25, 0.3) is 0 Å².